The van der Waals surface area contributed by atoms with Crippen LogP contribution in [0.1, 0.15) is 40.6 Å². The van der Waals surface area contributed by atoms with Crippen molar-refractivity contribution in [2.45, 2.75) is 25.7 Å². The maximum Gasteiger partial charge on any atom is 0.253 e. The van der Waals surface area contributed by atoms with Crippen LogP contribution in [0.4, 0.5) is 0 Å². The summed E-state index contributed by atoms with van der Waals surface area (Å²) in [6, 6.07) is 15.1. The van der Waals surface area contributed by atoms with Gasteiger partial charge in [-0.05, 0) is 50.1 Å². The summed E-state index contributed by atoms with van der Waals surface area (Å²) in [5, 5.41) is 9.28. The number of benzene rings is 2. The summed E-state index contributed by atoms with van der Waals surface area (Å²) in [6.45, 7) is 4.58. The summed E-state index contributed by atoms with van der Waals surface area (Å²) >= 11 is 6.11. The summed E-state index contributed by atoms with van der Waals surface area (Å²) < 4.78 is 11.8. The van der Waals surface area contributed by atoms with E-state index in [0.717, 1.165) is 18.4 Å². The zero-order valence-electron chi connectivity index (χ0n) is 17.4. The highest BCUT2D eigenvalue weighted by atomic mass is 35.5. The maximum atomic E-state index is 13.2. The molecule has 2 fully saturated rings. The number of likely N-dealkylation sites (tertiary alicyclic amines) is 1. The lowest BCUT2D eigenvalue weighted by Crippen LogP contribution is -2.37. The van der Waals surface area contributed by atoms with Crippen molar-refractivity contribution in [2.24, 2.45) is 5.41 Å². The summed E-state index contributed by atoms with van der Waals surface area (Å²) in [4.78, 5) is 15.1. The predicted molar refractivity (Wildman–Crippen MR) is 117 cm³/mol. The van der Waals surface area contributed by atoms with E-state index in [0.29, 0.717) is 48.7 Å². The van der Waals surface area contributed by atoms with E-state index >= 15 is 0 Å². The first-order valence-corrected chi connectivity index (χ1v) is 10.9. The molecule has 3 heterocycles. The minimum Gasteiger partial charge on any atom is -0.420 e. The van der Waals surface area contributed by atoms with E-state index in [9.17, 15) is 4.79 Å². The number of halogens is 1. The zero-order chi connectivity index (χ0) is 21.4. The Kier molecular flexibility index (Phi) is 5.28. The molecule has 2 aliphatic heterocycles. The Bertz CT molecular complexity index is 1090. The third-order valence-corrected chi connectivity index (χ3v) is 6.77. The van der Waals surface area contributed by atoms with Crippen LogP contribution in [0.3, 0.4) is 0 Å². The van der Waals surface area contributed by atoms with Crippen LogP contribution in [0, 0.1) is 12.3 Å². The van der Waals surface area contributed by atoms with E-state index in [4.69, 9.17) is 20.8 Å². The van der Waals surface area contributed by atoms with Gasteiger partial charge in [0.05, 0.1) is 5.92 Å². The van der Waals surface area contributed by atoms with Gasteiger partial charge >= 0.3 is 0 Å². The number of hydrogen-bond donors (Lipinski definition) is 0. The zero-order valence-corrected chi connectivity index (χ0v) is 18.1. The summed E-state index contributed by atoms with van der Waals surface area (Å²) in [5.41, 5.74) is 2.55. The van der Waals surface area contributed by atoms with Crippen LogP contribution in [-0.4, -0.2) is 47.3 Å². The minimum absolute atomic E-state index is 0.0193. The lowest BCUT2D eigenvalue weighted by Gasteiger charge is -2.36. The average molecular weight is 438 g/mol. The Morgan fingerprint density at radius 1 is 1.13 bits per heavy atom. The van der Waals surface area contributed by atoms with Gasteiger partial charge in [0.15, 0.2) is 0 Å². The van der Waals surface area contributed by atoms with Gasteiger partial charge in [0, 0.05) is 47.9 Å². The van der Waals surface area contributed by atoms with Crippen molar-refractivity contribution in [1.29, 1.82) is 0 Å². The topological polar surface area (TPSA) is 68.5 Å². The Morgan fingerprint density at radius 2 is 1.90 bits per heavy atom. The molecular formula is C24H24ClN3O3. The van der Waals surface area contributed by atoms with E-state index in [-0.39, 0.29) is 17.2 Å². The normalized spacial score (nSPS) is 20.3. The van der Waals surface area contributed by atoms with Crippen LogP contribution in [0.25, 0.3) is 11.5 Å². The molecule has 0 N–H and O–H groups in total. The van der Waals surface area contributed by atoms with Gasteiger partial charge in [0.2, 0.25) is 11.8 Å². The van der Waals surface area contributed by atoms with Gasteiger partial charge in [-0.1, -0.05) is 35.4 Å². The molecule has 5 rings (SSSR count). The van der Waals surface area contributed by atoms with Crippen LogP contribution in [-0.2, 0) is 4.74 Å². The van der Waals surface area contributed by atoms with Crippen LogP contribution >= 0.6 is 11.6 Å². The lowest BCUT2D eigenvalue weighted by molar-refractivity contribution is 0.00908. The first-order valence-electron chi connectivity index (χ1n) is 10.6. The molecule has 1 unspecified atom stereocenters. The summed E-state index contributed by atoms with van der Waals surface area (Å²) in [6.07, 6.45) is 1.72. The van der Waals surface area contributed by atoms with Gasteiger partial charge in [-0.15, -0.1) is 10.2 Å². The van der Waals surface area contributed by atoms with Crippen LogP contribution < -0.4 is 0 Å². The van der Waals surface area contributed by atoms with Gasteiger partial charge in [0.1, 0.15) is 0 Å². The molecule has 0 bridgehead atoms. The molecule has 3 aromatic rings. The molecule has 7 heteroatoms. The summed E-state index contributed by atoms with van der Waals surface area (Å²) in [5.74, 6) is 1.07. The predicted octanol–water partition coefficient (Wildman–Crippen LogP) is 4.73. The maximum absolute atomic E-state index is 13.2. The molecule has 2 aromatic carbocycles. The quantitative estimate of drug-likeness (QED) is 0.592. The number of hydrogen-bond acceptors (Lipinski definition) is 5. The van der Waals surface area contributed by atoms with Crippen molar-refractivity contribution >= 4 is 17.5 Å². The van der Waals surface area contributed by atoms with E-state index in [1.807, 2.05) is 36.1 Å². The van der Waals surface area contributed by atoms with Crippen LogP contribution in [0.2, 0.25) is 5.02 Å². The van der Waals surface area contributed by atoms with E-state index in [2.05, 4.69) is 10.2 Å². The van der Waals surface area contributed by atoms with E-state index in [1.54, 1.807) is 24.3 Å². The highest BCUT2D eigenvalue weighted by molar-refractivity contribution is 6.30. The molecule has 1 atom stereocenters. The van der Waals surface area contributed by atoms with E-state index < -0.39 is 0 Å². The number of ether oxygens (including phenoxy) is 1. The molecule has 0 saturated carbocycles. The van der Waals surface area contributed by atoms with Crippen molar-refractivity contribution in [3.8, 4) is 11.5 Å². The Labute approximate surface area is 186 Å². The van der Waals surface area contributed by atoms with Crippen molar-refractivity contribution in [3.63, 3.8) is 0 Å². The third-order valence-electron chi connectivity index (χ3n) is 6.53. The first-order chi connectivity index (χ1) is 15.0. The summed E-state index contributed by atoms with van der Waals surface area (Å²) in [7, 11) is 0. The second kappa shape index (κ2) is 8.09. The molecule has 2 saturated heterocycles. The SMILES string of the molecule is Cc1ccc(-c2nnc(C3CN(C(=O)c4cccc(Cl)c4)CC34CCOCC4)o2)cc1. The smallest absolute Gasteiger partial charge is 0.253 e. The number of aryl methyl sites for hydroxylation is 1. The van der Waals surface area contributed by atoms with Crippen LogP contribution in [0.15, 0.2) is 52.9 Å². The fraction of sp³-hybridized carbons (Fsp3) is 0.375. The first kappa shape index (κ1) is 20.2. The Morgan fingerprint density at radius 3 is 2.65 bits per heavy atom. The number of nitrogens with zero attached hydrogens (tertiary/aromatic N) is 3. The Balaban J connectivity index is 1.45. The molecule has 31 heavy (non-hydrogen) atoms. The number of amides is 1. The largest absolute Gasteiger partial charge is 0.420 e. The van der Waals surface area contributed by atoms with Crippen molar-refractivity contribution in [1.82, 2.24) is 15.1 Å². The monoisotopic (exact) mass is 437 g/mol. The molecule has 1 spiro atoms. The standard InChI is InChI=1S/C24H24ClN3O3/c1-16-5-7-17(8-6-16)21-26-27-22(31-21)20-14-28(15-24(20)9-11-30-12-10-24)23(29)18-3-2-4-19(25)13-18/h2-8,13,20H,9-12,14-15H2,1H3. The molecule has 2 aliphatic rings. The van der Waals surface area contributed by atoms with Gasteiger partial charge in [-0.25, -0.2) is 0 Å². The van der Waals surface area contributed by atoms with E-state index in [1.165, 1.54) is 5.56 Å². The minimum atomic E-state index is -0.121. The molecule has 160 valence electrons. The van der Waals surface area contributed by atoms with Gasteiger partial charge in [0.25, 0.3) is 5.91 Å². The molecule has 1 amide bonds. The van der Waals surface area contributed by atoms with Gasteiger partial charge in [-0.2, -0.15) is 0 Å². The third kappa shape index (κ3) is 3.86. The van der Waals surface area contributed by atoms with Gasteiger partial charge < -0.3 is 14.1 Å². The number of carbonyl (C=O) groups excluding carboxylic acids is 1. The molecule has 1 aromatic heterocycles. The number of aromatic nitrogens is 2. The second-order valence-electron chi connectivity index (χ2n) is 8.53. The lowest BCUT2D eigenvalue weighted by atomic mass is 9.72. The van der Waals surface area contributed by atoms with Gasteiger partial charge in [-0.3, -0.25) is 4.79 Å². The average Bonchev–Trinajstić information content (AvgIpc) is 3.40. The highest BCUT2D eigenvalue weighted by Gasteiger charge is 2.51. The Hall–Kier alpha value is -2.70. The van der Waals surface area contributed by atoms with Crippen LogP contribution in [0.5, 0.6) is 0 Å². The molecule has 0 radical (unpaired) electrons. The van der Waals surface area contributed by atoms with Crippen molar-refractivity contribution in [2.75, 3.05) is 26.3 Å². The highest BCUT2D eigenvalue weighted by Crippen LogP contribution is 2.49. The fourth-order valence-electron chi connectivity index (χ4n) is 4.74. The molecule has 6 nitrogen and oxygen atoms in total. The second-order valence-corrected chi connectivity index (χ2v) is 8.97. The number of carbonyl (C=O) groups is 1. The molecular weight excluding hydrogens is 414 g/mol. The molecule has 0 aliphatic carbocycles. The van der Waals surface area contributed by atoms with Crippen molar-refractivity contribution < 1.29 is 13.9 Å². The van der Waals surface area contributed by atoms with Crippen molar-refractivity contribution in [3.05, 3.63) is 70.6 Å². The number of rotatable bonds is 3. The fourth-order valence-corrected chi connectivity index (χ4v) is 4.93.